The Bertz CT molecular complexity index is 663. The molecule has 2 fully saturated rings. The van der Waals surface area contributed by atoms with E-state index in [0.29, 0.717) is 11.5 Å². The van der Waals surface area contributed by atoms with Crippen LogP contribution in [0.4, 0.5) is 8.78 Å². The van der Waals surface area contributed by atoms with Crippen molar-refractivity contribution in [3.63, 3.8) is 0 Å². The van der Waals surface area contributed by atoms with Crippen molar-refractivity contribution < 1.29 is 8.78 Å². The van der Waals surface area contributed by atoms with Crippen LogP contribution in [0.15, 0.2) is 30.4 Å². The molecule has 0 N–H and O–H groups in total. The second kappa shape index (κ2) is 9.36. The van der Waals surface area contributed by atoms with Crippen molar-refractivity contribution in [1.29, 1.82) is 0 Å². The van der Waals surface area contributed by atoms with Gasteiger partial charge in [0.15, 0.2) is 11.6 Å². The Hall–Kier alpha value is -1.62. The molecule has 0 radical (unpaired) electrons. The minimum absolute atomic E-state index is 0.514. The van der Waals surface area contributed by atoms with Crippen LogP contribution in [0.1, 0.15) is 70.3 Å². The average molecular weight is 357 g/mol. The van der Waals surface area contributed by atoms with E-state index in [-0.39, 0.29) is 0 Å². The van der Waals surface area contributed by atoms with Gasteiger partial charge in [-0.1, -0.05) is 44.1 Å². The van der Waals surface area contributed by atoms with Crippen LogP contribution >= 0.6 is 0 Å². The molecule has 3 rings (SSSR count). The Balaban J connectivity index is 1.43. The molecule has 1 aromatic carbocycles. The van der Waals surface area contributed by atoms with Crippen molar-refractivity contribution in [2.75, 3.05) is 0 Å². The van der Waals surface area contributed by atoms with E-state index < -0.39 is 11.6 Å². The van der Waals surface area contributed by atoms with E-state index in [1.807, 2.05) is 6.08 Å². The van der Waals surface area contributed by atoms with E-state index in [4.69, 9.17) is 0 Å². The molecule has 0 amide bonds. The Morgan fingerprint density at radius 1 is 0.923 bits per heavy atom. The fraction of sp³-hybridized carbons (Fsp3) is 0.583. The van der Waals surface area contributed by atoms with Crippen LogP contribution in [0, 0.1) is 47.1 Å². The predicted molar refractivity (Wildman–Crippen MR) is 104 cm³/mol. The van der Waals surface area contributed by atoms with Gasteiger partial charge in [0.05, 0.1) is 0 Å². The highest BCUT2D eigenvalue weighted by Crippen LogP contribution is 2.42. The maximum absolute atomic E-state index is 13.2. The molecule has 1 aromatic rings. The minimum atomic E-state index is -0.841. The van der Waals surface area contributed by atoms with Gasteiger partial charge in [0.2, 0.25) is 0 Å². The number of benzene rings is 1. The summed E-state index contributed by atoms with van der Waals surface area (Å²) in [6, 6.07) is 3.78. The van der Waals surface area contributed by atoms with Crippen molar-refractivity contribution in [3.05, 3.63) is 47.5 Å². The molecule has 140 valence electrons. The minimum Gasteiger partial charge on any atom is -0.204 e. The summed E-state index contributed by atoms with van der Waals surface area (Å²) in [7, 11) is 0. The SMILES string of the molecule is CCC1CCC(C2CCC(C=CC#Cc3ccc(F)c(F)c3)CC2)CC1. The Labute approximate surface area is 157 Å². The third-order valence-corrected chi connectivity index (χ3v) is 6.54. The Morgan fingerprint density at radius 2 is 1.58 bits per heavy atom. The molecule has 0 unspecified atom stereocenters. The predicted octanol–water partition coefficient (Wildman–Crippen LogP) is 6.90. The molecule has 26 heavy (non-hydrogen) atoms. The second-order valence-electron chi connectivity index (χ2n) is 8.12. The fourth-order valence-electron chi connectivity index (χ4n) is 4.76. The lowest BCUT2D eigenvalue weighted by molar-refractivity contribution is 0.154. The summed E-state index contributed by atoms with van der Waals surface area (Å²) in [6.07, 6.45) is 16.5. The van der Waals surface area contributed by atoms with Crippen LogP contribution in [0.3, 0.4) is 0 Å². The molecular formula is C24H30F2. The van der Waals surface area contributed by atoms with E-state index in [9.17, 15) is 8.78 Å². The van der Waals surface area contributed by atoms with Gasteiger partial charge in [0, 0.05) is 5.56 Å². The van der Waals surface area contributed by atoms with Crippen molar-refractivity contribution in [1.82, 2.24) is 0 Å². The largest absolute Gasteiger partial charge is 0.204 e. The fourth-order valence-corrected chi connectivity index (χ4v) is 4.76. The standard InChI is InChI=1S/C24H30F2/c1-2-18-7-12-21(13-8-18)22-14-9-19(10-15-22)5-3-4-6-20-11-16-23(25)24(26)17-20/h3,5,11,16-19,21-22H,2,7-10,12-15H2,1H3. The molecule has 0 saturated heterocycles. The van der Waals surface area contributed by atoms with Gasteiger partial charge < -0.3 is 0 Å². The molecular weight excluding hydrogens is 326 g/mol. The van der Waals surface area contributed by atoms with Gasteiger partial charge in [-0.2, -0.15) is 0 Å². The zero-order valence-corrected chi connectivity index (χ0v) is 15.8. The first-order valence-corrected chi connectivity index (χ1v) is 10.3. The van der Waals surface area contributed by atoms with Crippen LogP contribution in [0.25, 0.3) is 0 Å². The van der Waals surface area contributed by atoms with Crippen molar-refractivity contribution in [2.45, 2.75) is 64.7 Å². The molecule has 2 aliphatic rings. The molecule has 0 spiro atoms. The number of hydrogen-bond donors (Lipinski definition) is 0. The number of rotatable bonds is 3. The van der Waals surface area contributed by atoms with Crippen molar-refractivity contribution in [3.8, 4) is 11.8 Å². The van der Waals surface area contributed by atoms with E-state index in [2.05, 4.69) is 24.8 Å². The molecule has 0 aromatic heterocycles. The van der Waals surface area contributed by atoms with Gasteiger partial charge in [-0.3, -0.25) is 0 Å². The highest BCUT2D eigenvalue weighted by atomic mass is 19.2. The number of allylic oxidation sites excluding steroid dienone is 2. The highest BCUT2D eigenvalue weighted by Gasteiger charge is 2.29. The van der Waals surface area contributed by atoms with Crippen LogP contribution in [-0.4, -0.2) is 0 Å². The lowest BCUT2D eigenvalue weighted by atomic mass is 9.69. The summed E-state index contributed by atoms with van der Waals surface area (Å²) in [6.45, 7) is 2.33. The van der Waals surface area contributed by atoms with E-state index in [1.54, 1.807) is 0 Å². The lowest BCUT2D eigenvalue weighted by Gasteiger charge is -2.37. The first kappa shape index (κ1) is 19.2. The Kier molecular flexibility index (Phi) is 6.89. The van der Waals surface area contributed by atoms with Gasteiger partial charge in [-0.25, -0.2) is 8.78 Å². The maximum atomic E-state index is 13.2. The lowest BCUT2D eigenvalue weighted by Crippen LogP contribution is -2.25. The summed E-state index contributed by atoms with van der Waals surface area (Å²) in [4.78, 5) is 0. The van der Waals surface area contributed by atoms with Crippen LogP contribution in [0.5, 0.6) is 0 Å². The quantitative estimate of drug-likeness (QED) is 0.517. The van der Waals surface area contributed by atoms with Crippen molar-refractivity contribution in [2.24, 2.45) is 23.7 Å². The van der Waals surface area contributed by atoms with E-state index in [1.165, 1.54) is 63.9 Å². The highest BCUT2D eigenvalue weighted by molar-refractivity contribution is 5.37. The summed E-state index contributed by atoms with van der Waals surface area (Å²) < 4.78 is 26.0. The molecule has 0 heterocycles. The van der Waals surface area contributed by atoms with Gasteiger partial charge in [0.1, 0.15) is 0 Å². The molecule has 2 aliphatic carbocycles. The molecule has 0 atom stereocenters. The van der Waals surface area contributed by atoms with Crippen LogP contribution in [0.2, 0.25) is 0 Å². The second-order valence-corrected chi connectivity index (χ2v) is 8.12. The van der Waals surface area contributed by atoms with Crippen LogP contribution in [-0.2, 0) is 0 Å². The zero-order valence-electron chi connectivity index (χ0n) is 15.8. The average Bonchev–Trinajstić information content (AvgIpc) is 2.68. The molecule has 0 bridgehead atoms. The monoisotopic (exact) mass is 356 g/mol. The van der Waals surface area contributed by atoms with Crippen molar-refractivity contribution >= 4 is 0 Å². The van der Waals surface area contributed by atoms with Gasteiger partial charge in [-0.15, -0.1) is 0 Å². The molecule has 0 aliphatic heterocycles. The summed E-state index contributed by atoms with van der Waals surface area (Å²) in [5.74, 6) is 7.68. The number of halogens is 2. The summed E-state index contributed by atoms with van der Waals surface area (Å²) in [5.41, 5.74) is 0.514. The molecule has 2 saturated carbocycles. The smallest absolute Gasteiger partial charge is 0.160 e. The molecule has 0 nitrogen and oxygen atoms in total. The normalized spacial score (nSPS) is 29.3. The summed E-state index contributed by atoms with van der Waals surface area (Å²) >= 11 is 0. The van der Waals surface area contributed by atoms with E-state index in [0.717, 1.165) is 29.9 Å². The summed E-state index contributed by atoms with van der Waals surface area (Å²) in [5, 5.41) is 0. The topological polar surface area (TPSA) is 0 Å². The van der Waals surface area contributed by atoms with Gasteiger partial charge in [0.25, 0.3) is 0 Å². The van der Waals surface area contributed by atoms with Gasteiger partial charge >= 0.3 is 0 Å². The van der Waals surface area contributed by atoms with Gasteiger partial charge in [-0.05, 0) is 86.5 Å². The third-order valence-electron chi connectivity index (χ3n) is 6.54. The Morgan fingerprint density at radius 3 is 2.19 bits per heavy atom. The first-order chi connectivity index (χ1) is 12.7. The third kappa shape index (κ3) is 5.19. The molecule has 2 heteroatoms. The maximum Gasteiger partial charge on any atom is 0.160 e. The zero-order chi connectivity index (χ0) is 18.4. The first-order valence-electron chi connectivity index (χ1n) is 10.3. The van der Waals surface area contributed by atoms with E-state index >= 15 is 0 Å². The number of hydrogen-bond acceptors (Lipinski definition) is 0. The van der Waals surface area contributed by atoms with Crippen LogP contribution < -0.4 is 0 Å².